The number of rotatable bonds is 7. The monoisotopic (exact) mass is 341 g/mol. The van der Waals surface area contributed by atoms with Crippen LogP contribution in [0.3, 0.4) is 0 Å². The van der Waals surface area contributed by atoms with Gasteiger partial charge in [0.1, 0.15) is 18.1 Å². The van der Waals surface area contributed by atoms with Crippen LogP contribution in [0.5, 0.6) is 5.75 Å². The van der Waals surface area contributed by atoms with Gasteiger partial charge in [0, 0.05) is 4.47 Å². The van der Waals surface area contributed by atoms with E-state index in [0.29, 0.717) is 16.8 Å². The predicted molar refractivity (Wildman–Crippen MR) is 79.1 cm³/mol. The Labute approximate surface area is 126 Å². The van der Waals surface area contributed by atoms with Crippen molar-refractivity contribution in [2.24, 2.45) is 0 Å². The standard InChI is InChI=1S/C15H17BrFNO2/c1-2-7-18-9-12-4-5-13(20-12)10-19-15-6-3-11(16)8-14(15)17/h3-6,8,18H,2,7,9-10H2,1H3. The summed E-state index contributed by atoms with van der Waals surface area (Å²) in [5, 5.41) is 3.25. The van der Waals surface area contributed by atoms with Crippen LogP contribution in [0.4, 0.5) is 4.39 Å². The van der Waals surface area contributed by atoms with Crippen molar-refractivity contribution in [2.75, 3.05) is 6.54 Å². The number of halogens is 2. The highest BCUT2D eigenvalue weighted by molar-refractivity contribution is 9.10. The number of ether oxygens (including phenoxy) is 1. The van der Waals surface area contributed by atoms with E-state index in [9.17, 15) is 4.39 Å². The van der Waals surface area contributed by atoms with Gasteiger partial charge in [-0.05, 0) is 43.3 Å². The van der Waals surface area contributed by atoms with E-state index in [0.717, 1.165) is 18.7 Å². The molecule has 1 heterocycles. The maximum absolute atomic E-state index is 13.6. The van der Waals surface area contributed by atoms with Gasteiger partial charge in [-0.1, -0.05) is 22.9 Å². The van der Waals surface area contributed by atoms with Crippen molar-refractivity contribution in [1.82, 2.24) is 5.32 Å². The SMILES string of the molecule is CCCNCc1ccc(COc2ccc(Br)cc2F)o1. The lowest BCUT2D eigenvalue weighted by molar-refractivity contribution is 0.254. The molecule has 0 fully saturated rings. The summed E-state index contributed by atoms with van der Waals surface area (Å²) in [5.41, 5.74) is 0. The smallest absolute Gasteiger partial charge is 0.166 e. The lowest BCUT2D eigenvalue weighted by atomic mass is 10.3. The van der Waals surface area contributed by atoms with Gasteiger partial charge >= 0.3 is 0 Å². The van der Waals surface area contributed by atoms with E-state index in [-0.39, 0.29) is 12.4 Å². The molecule has 0 aliphatic heterocycles. The molecule has 0 saturated heterocycles. The summed E-state index contributed by atoms with van der Waals surface area (Å²) >= 11 is 3.20. The Balaban J connectivity index is 1.87. The van der Waals surface area contributed by atoms with Gasteiger partial charge < -0.3 is 14.5 Å². The quantitative estimate of drug-likeness (QED) is 0.764. The lowest BCUT2D eigenvalue weighted by Gasteiger charge is -2.05. The largest absolute Gasteiger partial charge is 0.483 e. The zero-order chi connectivity index (χ0) is 14.4. The Kier molecular flexibility index (Phi) is 5.61. The minimum absolute atomic E-state index is 0.215. The molecule has 0 saturated carbocycles. The highest BCUT2D eigenvalue weighted by Gasteiger charge is 2.06. The maximum atomic E-state index is 13.6. The molecular formula is C15H17BrFNO2. The molecule has 108 valence electrons. The molecule has 5 heteroatoms. The van der Waals surface area contributed by atoms with Crippen molar-refractivity contribution in [3.8, 4) is 5.75 Å². The molecule has 2 aromatic rings. The summed E-state index contributed by atoms with van der Waals surface area (Å²) in [5.74, 6) is 1.36. The summed E-state index contributed by atoms with van der Waals surface area (Å²) in [6.45, 7) is 3.98. The van der Waals surface area contributed by atoms with E-state index < -0.39 is 5.82 Å². The Bertz CT molecular complexity index is 557. The van der Waals surface area contributed by atoms with Crippen LogP contribution in [0.25, 0.3) is 0 Å². The number of furan rings is 1. The molecule has 0 unspecified atom stereocenters. The van der Waals surface area contributed by atoms with Gasteiger partial charge in [0.15, 0.2) is 11.6 Å². The fourth-order valence-electron chi connectivity index (χ4n) is 1.72. The van der Waals surface area contributed by atoms with Gasteiger partial charge in [0.2, 0.25) is 0 Å². The molecular weight excluding hydrogens is 325 g/mol. The second-order valence-electron chi connectivity index (χ2n) is 4.41. The first-order valence-electron chi connectivity index (χ1n) is 6.55. The molecule has 0 bridgehead atoms. The average Bonchev–Trinajstić information content (AvgIpc) is 2.86. The highest BCUT2D eigenvalue weighted by atomic mass is 79.9. The molecule has 1 aromatic heterocycles. The molecule has 20 heavy (non-hydrogen) atoms. The summed E-state index contributed by atoms with van der Waals surface area (Å²) < 4.78 is 25.3. The van der Waals surface area contributed by atoms with E-state index in [4.69, 9.17) is 9.15 Å². The van der Waals surface area contributed by atoms with Gasteiger partial charge in [0.25, 0.3) is 0 Å². The van der Waals surface area contributed by atoms with Crippen LogP contribution in [-0.2, 0) is 13.2 Å². The topological polar surface area (TPSA) is 34.4 Å². The fourth-order valence-corrected chi connectivity index (χ4v) is 2.06. The Morgan fingerprint density at radius 1 is 1.25 bits per heavy atom. The van der Waals surface area contributed by atoms with Crippen molar-refractivity contribution in [3.05, 3.63) is 52.1 Å². The first-order chi connectivity index (χ1) is 9.69. The Morgan fingerprint density at radius 3 is 2.80 bits per heavy atom. The summed E-state index contributed by atoms with van der Waals surface area (Å²) in [6.07, 6.45) is 1.08. The van der Waals surface area contributed by atoms with Gasteiger partial charge in [-0.25, -0.2) is 4.39 Å². The molecule has 0 amide bonds. The first-order valence-corrected chi connectivity index (χ1v) is 7.34. The first kappa shape index (κ1) is 15.1. The van der Waals surface area contributed by atoms with Crippen LogP contribution in [-0.4, -0.2) is 6.54 Å². The molecule has 1 N–H and O–H groups in total. The van der Waals surface area contributed by atoms with Crippen LogP contribution < -0.4 is 10.1 Å². The summed E-state index contributed by atoms with van der Waals surface area (Å²) in [7, 11) is 0. The number of nitrogens with one attached hydrogen (secondary N) is 1. The van der Waals surface area contributed by atoms with Gasteiger partial charge in [-0.3, -0.25) is 0 Å². The van der Waals surface area contributed by atoms with Gasteiger partial charge in [-0.2, -0.15) is 0 Å². The lowest BCUT2D eigenvalue weighted by Crippen LogP contribution is -2.13. The zero-order valence-electron chi connectivity index (χ0n) is 11.3. The van der Waals surface area contributed by atoms with Crippen molar-refractivity contribution in [2.45, 2.75) is 26.5 Å². The second kappa shape index (κ2) is 7.45. The number of hydrogen-bond donors (Lipinski definition) is 1. The third-order valence-corrected chi connectivity index (χ3v) is 3.20. The Hall–Kier alpha value is -1.33. The third kappa shape index (κ3) is 4.35. The molecule has 1 aromatic carbocycles. The van der Waals surface area contributed by atoms with Crippen LogP contribution >= 0.6 is 15.9 Å². The summed E-state index contributed by atoms with van der Waals surface area (Å²) in [6, 6.07) is 8.45. The summed E-state index contributed by atoms with van der Waals surface area (Å²) in [4.78, 5) is 0. The van der Waals surface area contributed by atoms with Crippen molar-refractivity contribution >= 4 is 15.9 Å². The molecule has 0 aliphatic rings. The molecule has 0 radical (unpaired) electrons. The van der Waals surface area contributed by atoms with Crippen LogP contribution in [0.15, 0.2) is 39.2 Å². The third-order valence-electron chi connectivity index (χ3n) is 2.71. The minimum Gasteiger partial charge on any atom is -0.483 e. The average molecular weight is 342 g/mol. The van der Waals surface area contributed by atoms with Crippen molar-refractivity contribution in [1.29, 1.82) is 0 Å². The van der Waals surface area contributed by atoms with Crippen molar-refractivity contribution in [3.63, 3.8) is 0 Å². The number of hydrogen-bond acceptors (Lipinski definition) is 3. The molecule has 2 rings (SSSR count). The molecule has 0 aliphatic carbocycles. The second-order valence-corrected chi connectivity index (χ2v) is 5.32. The Morgan fingerprint density at radius 2 is 2.05 bits per heavy atom. The highest BCUT2D eigenvalue weighted by Crippen LogP contribution is 2.22. The van der Waals surface area contributed by atoms with E-state index in [1.807, 2.05) is 12.1 Å². The molecule has 3 nitrogen and oxygen atoms in total. The van der Waals surface area contributed by atoms with Crippen LogP contribution in [0, 0.1) is 5.82 Å². The van der Waals surface area contributed by atoms with Crippen LogP contribution in [0.2, 0.25) is 0 Å². The number of benzene rings is 1. The fraction of sp³-hybridized carbons (Fsp3) is 0.333. The molecule has 0 spiro atoms. The maximum Gasteiger partial charge on any atom is 0.166 e. The molecule has 0 atom stereocenters. The van der Waals surface area contributed by atoms with E-state index in [1.54, 1.807) is 12.1 Å². The predicted octanol–water partition coefficient (Wildman–Crippen LogP) is 4.26. The van der Waals surface area contributed by atoms with Gasteiger partial charge in [-0.15, -0.1) is 0 Å². The van der Waals surface area contributed by atoms with E-state index in [1.165, 1.54) is 6.07 Å². The van der Waals surface area contributed by atoms with E-state index >= 15 is 0 Å². The van der Waals surface area contributed by atoms with Crippen LogP contribution in [0.1, 0.15) is 24.9 Å². The normalized spacial score (nSPS) is 10.8. The zero-order valence-corrected chi connectivity index (χ0v) is 12.9. The van der Waals surface area contributed by atoms with Gasteiger partial charge in [0.05, 0.1) is 6.54 Å². The van der Waals surface area contributed by atoms with Crippen molar-refractivity contribution < 1.29 is 13.5 Å². The van der Waals surface area contributed by atoms with E-state index in [2.05, 4.69) is 28.2 Å². The minimum atomic E-state index is -0.393.